The third-order valence-electron chi connectivity index (χ3n) is 10.6. The third kappa shape index (κ3) is 4.26. The summed E-state index contributed by atoms with van der Waals surface area (Å²) in [7, 11) is 0. The Balaban J connectivity index is 1.47. The highest BCUT2D eigenvalue weighted by atomic mass is 16.5. The van der Waals surface area contributed by atoms with E-state index >= 15 is 0 Å². The first kappa shape index (κ1) is 23.4. The van der Waals surface area contributed by atoms with Gasteiger partial charge in [0.25, 0.3) is 0 Å². The predicted octanol–water partition coefficient (Wildman–Crippen LogP) is 7.96. The summed E-state index contributed by atoms with van der Waals surface area (Å²) >= 11 is 0. The van der Waals surface area contributed by atoms with Gasteiger partial charge in [-0.25, -0.2) is 0 Å². The van der Waals surface area contributed by atoms with Crippen LogP contribution in [0.1, 0.15) is 112 Å². The SMILES string of the molecule is CC(=O)OC1CCC2(C)C(CC=C3C2CCC2(C)C3CCC2C(C)CCCC(C)C)C1. The third-order valence-corrected chi connectivity index (χ3v) is 10.6. The van der Waals surface area contributed by atoms with Crippen LogP contribution in [0.25, 0.3) is 0 Å². The number of ether oxygens (including phenoxy) is 1. The van der Waals surface area contributed by atoms with Crippen LogP contribution in [-0.4, -0.2) is 12.1 Å². The zero-order valence-electron chi connectivity index (χ0n) is 21.2. The van der Waals surface area contributed by atoms with Gasteiger partial charge in [-0.3, -0.25) is 4.79 Å². The lowest BCUT2D eigenvalue weighted by atomic mass is 9.47. The summed E-state index contributed by atoms with van der Waals surface area (Å²) in [6, 6.07) is 0. The van der Waals surface area contributed by atoms with Gasteiger partial charge in [0.1, 0.15) is 6.10 Å². The summed E-state index contributed by atoms with van der Waals surface area (Å²) in [6.07, 6.45) is 17.3. The fourth-order valence-corrected chi connectivity index (χ4v) is 8.84. The Morgan fingerprint density at radius 2 is 1.74 bits per heavy atom. The molecule has 0 spiro atoms. The quantitative estimate of drug-likeness (QED) is 0.317. The molecule has 0 aromatic rings. The highest BCUT2D eigenvalue weighted by Crippen LogP contribution is 2.67. The number of allylic oxidation sites excluding steroid dienone is 2. The van der Waals surface area contributed by atoms with Crippen LogP contribution < -0.4 is 0 Å². The van der Waals surface area contributed by atoms with Gasteiger partial charge in [0.15, 0.2) is 0 Å². The number of fused-ring (bicyclic) bond motifs is 5. The molecule has 0 aromatic carbocycles. The molecule has 3 fully saturated rings. The van der Waals surface area contributed by atoms with E-state index < -0.39 is 0 Å². The van der Waals surface area contributed by atoms with Gasteiger partial charge in [-0.2, -0.15) is 0 Å². The van der Waals surface area contributed by atoms with Crippen molar-refractivity contribution in [3.8, 4) is 0 Å². The monoisotopic (exact) mass is 428 g/mol. The lowest BCUT2D eigenvalue weighted by Crippen LogP contribution is -2.50. The molecule has 0 radical (unpaired) electrons. The molecule has 8 unspecified atom stereocenters. The van der Waals surface area contributed by atoms with Crippen molar-refractivity contribution in [3.63, 3.8) is 0 Å². The zero-order chi connectivity index (χ0) is 22.4. The van der Waals surface area contributed by atoms with Crippen LogP contribution in [0.5, 0.6) is 0 Å². The molecule has 4 aliphatic carbocycles. The van der Waals surface area contributed by atoms with E-state index in [0.717, 1.165) is 42.4 Å². The second kappa shape index (κ2) is 8.86. The minimum absolute atomic E-state index is 0.103. The first-order chi connectivity index (χ1) is 14.6. The molecule has 2 heteroatoms. The van der Waals surface area contributed by atoms with Crippen molar-refractivity contribution in [2.75, 3.05) is 0 Å². The molecule has 2 nitrogen and oxygen atoms in total. The summed E-state index contributed by atoms with van der Waals surface area (Å²) in [4.78, 5) is 11.5. The molecule has 3 saturated carbocycles. The molecular formula is C29H48O2. The second-order valence-corrected chi connectivity index (χ2v) is 12.8. The molecule has 0 aromatic heterocycles. The predicted molar refractivity (Wildman–Crippen MR) is 129 cm³/mol. The highest BCUT2D eigenvalue weighted by molar-refractivity contribution is 5.66. The van der Waals surface area contributed by atoms with E-state index in [4.69, 9.17) is 4.74 Å². The molecular weight excluding hydrogens is 380 g/mol. The summed E-state index contributed by atoms with van der Waals surface area (Å²) in [5, 5.41) is 0. The Labute approximate surface area is 192 Å². The molecule has 0 heterocycles. The number of rotatable bonds is 6. The molecule has 4 aliphatic rings. The number of carbonyl (C=O) groups is 1. The van der Waals surface area contributed by atoms with E-state index in [0.29, 0.717) is 16.7 Å². The van der Waals surface area contributed by atoms with Gasteiger partial charge in [0.2, 0.25) is 0 Å². The summed E-state index contributed by atoms with van der Waals surface area (Å²) in [6.45, 7) is 14.1. The van der Waals surface area contributed by atoms with Gasteiger partial charge in [0, 0.05) is 6.92 Å². The van der Waals surface area contributed by atoms with E-state index in [1.54, 1.807) is 6.92 Å². The zero-order valence-corrected chi connectivity index (χ0v) is 21.2. The standard InChI is InChI=1S/C29H48O2/c1-19(2)8-7-9-20(3)25-12-13-26-24-11-10-22-18-23(31-21(4)30)14-16-28(22,5)27(24)15-17-29(25,26)6/h11,19-20,22-23,25-27H,7-10,12-18H2,1-6H3. The van der Waals surface area contributed by atoms with Crippen molar-refractivity contribution in [2.45, 2.75) is 118 Å². The lowest BCUT2D eigenvalue weighted by molar-refractivity contribution is -0.152. The molecule has 0 bridgehead atoms. The number of esters is 1. The van der Waals surface area contributed by atoms with Crippen LogP contribution in [0.3, 0.4) is 0 Å². The van der Waals surface area contributed by atoms with Gasteiger partial charge >= 0.3 is 5.97 Å². The maximum Gasteiger partial charge on any atom is 0.302 e. The molecule has 0 saturated heterocycles. The van der Waals surface area contributed by atoms with E-state index in [2.05, 4.69) is 40.7 Å². The average Bonchev–Trinajstić information content (AvgIpc) is 3.05. The Bertz CT molecular complexity index is 693. The normalized spacial score (nSPS) is 42.9. The minimum atomic E-state index is -0.103. The first-order valence-electron chi connectivity index (χ1n) is 13.5. The molecule has 31 heavy (non-hydrogen) atoms. The van der Waals surface area contributed by atoms with Gasteiger partial charge in [0.05, 0.1) is 0 Å². The van der Waals surface area contributed by atoms with Crippen molar-refractivity contribution in [1.29, 1.82) is 0 Å². The maximum atomic E-state index is 11.5. The van der Waals surface area contributed by atoms with Crippen molar-refractivity contribution in [3.05, 3.63) is 11.6 Å². The van der Waals surface area contributed by atoms with Crippen molar-refractivity contribution in [2.24, 2.45) is 46.3 Å². The smallest absolute Gasteiger partial charge is 0.302 e. The average molecular weight is 429 g/mol. The van der Waals surface area contributed by atoms with E-state index in [1.165, 1.54) is 57.8 Å². The number of hydrogen-bond acceptors (Lipinski definition) is 2. The van der Waals surface area contributed by atoms with Crippen molar-refractivity contribution < 1.29 is 9.53 Å². The van der Waals surface area contributed by atoms with Crippen LogP contribution >= 0.6 is 0 Å². The Morgan fingerprint density at radius 1 is 1.03 bits per heavy atom. The maximum absolute atomic E-state index is 11.5. The molecule has 176 valence electrons. The molecule has 0 N–H and O–H groups in total. The molecule has 0 aliphatic heterocycles. The van der Waals surface area contributed by atoms with Gasteiger partial charge in [-0.05, 0) is 97.7 Å². The summed E-state index contributed by atoms with van der Waals surface area (Å²) < 4.78 is 5.63. The largest absolute Gasteiger partial charge is 0.463 e. The Morgan fingerprint density at radius 3 is 2.45 bits per heavy atom. The van der Waals surface area contributed by atoms with Gasteiger partial charge in [-0.15, -0.1) is 0 Å². The minimum Gasteiger partial charge on any atom is -0.463 e. The Hall–Kier alpha value is -0.790. The van der Waals surface area contributed by atoms with Crippen LogP contribution in [0, 0.1) is 46.3 Å². The topological polar surface area (TPSA) is 26.3 Å². The fraction of sp³-hybridized carbons (Fsp3) is 0.897. The van der Waals surface area contributed by atoms with Gasteiger partial charge in [-0.1, -0.05) is 65.5 Å². The van der Waals surface area contributed by atoms with E-state index in [9.17, 15) is 4.79 Å². The van der Waals surface area contributed by atoms with Crippen molar-refractivity contribution in [1.82, 2.24) is 0 Å². The highest BCUT2D eigenvalue weighted by Gasteiger charge is 2.58. The van der Waals surface area contributed by atoms with Gasteiger partial charge < -0.3 is 4.74 Å². The van der Waals surface area contributed by atoms with Crippen LogP contribution in [0.15, 0.2) is 11.6 Å². The van der Waals surface area contributed by atoms with Crippen LogP contribution in [-0.2, 0) is 9.53 Å². The number of hydrogen-bond donors (Lipinski definition) is 0. The van der Waals surface area contributed by atoms with E-state index in [1.807, 2.05) is 5.57 Å². The summed E-state index contributed by atoms with van der Waals surface area (Å²) in [5.74, 6) is 4.81. The number of carbonyl (C=O) groups excluding carboxylic acids is 1. The summed E-state index contributed by atoms with van der Waals surface area (Å²) in [5.41, 5.74) is 2.80. The fourth-order valence-electron chi connectivity index (χ4n) is 8.84. The molecule has 0 amide bonds. The Kier molecular flexibility index (Phi) is 6.68. The van der Waals surface area contributed by atoms with Crippen LogP contribution in [0.2, 0.25) is 0 Å². The molecule has 4 rings (SSSR count). The van der Waals surface area contributed by atoms with Crippen LogP contribution in [0.4, 0.5) is 0 Å². The van der Waals surface area contributed by atoms with E-state index in [-0.39, 0.29) is 12.1 Å². The first-order valence-corrected chi connectivity index (χ1v) is 13.5. The second-order valence-electron chi connectivity index (χ2n) is 12.8. The van der Waals surface area contributed by atoms with Crippen molar-refractivity contribution >= 4 is 5.97 Å². The lowest BCUT2D eigenvalue weighted by Gasteiger charge is -2.58. The molecule has 8 atom stereocenters.